The van der Waals surface area contributed by atoms with Crippen LogP contribution in [0.5, 0.6) is 0 Å². The lowest BCUT2D eigenvalue weighted by molar-refractivity contribution is -0.139. The Hall–Kier alpha value is -2.54. The first-order valence-corrected chi connectivity index (χ1v) is 8.29. The number of rotatable bonds is 5. The van der Waals surface area contributed by atoms with Crippen molar-refractivity contribution in [3.8, 4) is 17.1 Å². The summed E-state index contributed by atoms with van der Waals surface area (Å²) in [5.74, 6) is 1.13. The highest BCUT2D eigenvalue weighted by molar-refractivity contribution is 8.00. The zero-order chi connectivity index (χ0) is 17.1. The lowest BCUT2D eigenvalue weighted by Gasteiger charge is -2.12. The van der Waals surface area contributed by atoms with Crippen molar-refractivity contribution >= 4 is 17.7 Å². The summed E-state index contributed by atoms with van der Waals surface area (Å²) in [6.07, 6.45) is 1.62. The van der Waals surface area contributed by atoms with E-state index in [9.17, 15) is 4.79 Å². The Kier molecular flexibility index (Phi) is 4.71. The lowest BCUT2D eigenvalue weighted by Crippen LogP contribution is -2.15. The molecule has 6 nitrogen and oxygen atoms in total. The van der Waals surface area contributed by atoms with Gasteiger partial charge in [-0.3, -0.25) is 9.36 Å². The van der Waals surface area contributed by atoms with Crippen LogP contribution in [0.15, 0.2) is 52.2 Å². The number of hydrogen-bond donors (Lipinski definition) is 0. The number of carbonyl (C=O) groups excluding carboxylic acids is 1. The molecule has 0 N–H and O–H groups in total. The van der Waals surface area contributed by atoms with Crippen LogP contribution in [-0.2, 0) is 9.53 Å². The fourth-order valence-corrected chi connectivity index (χ4v) is 3.21. The molecule has 0 aliphatic carbocycles. The quantitative estimate of drug-likeness (QED) is 0.522. The van der Waals surface area contributed by atoms with Gasteiger partial charge in [0.15, 0.2) is 11.0 Å². The molecule has 0 spiro atoms. The second-order valence-corrected chi connectivity index (χ2v) is 6.46. The van der Waals surface area contributed by atoms with E-state index in [0.29, 0.717) is 11.0 Å². The number of para-hydroxylation sites is 1. The number of benzene rings is 1. The van der Waals surface area contributed by atoms with Crippen molar-refractivity contribution in [3.05, 3.63) is 48.4 Å². The number of thioether (sulfide) groups is 1. The predicted molar refractivity (Wildman–Crippen MR) is 91.1 cm³/mol. The highest BCUT2D eigenvalue weighted by Gasteiger charge is 2.23. The van der Waals surface area contributed by atoms with Crippen LogP contribution in [0.3, 0.4) is 0 Å². The van der Waals surface area contributed by atoms with Crippen molar-refractivity contribution in [2.24, 2.45) is 0 Å². The monoisotopic (exact) mass is 343 g/mol. The van der Waals surface area contributed by atoms with E-state index in [1.807, 2.05) is 47.9 Å². The molecule has 0 saturated carbocycles. The molecular formula is C17H17N3O3S. The smallest absolute Gasteiger partial charge is 0.318 e. The minimum atomic E-state index is -0.389. The molecule has 0 unspecified atom stereocenters. The Morgan fingerprint density at radius 2 is 2.00 bits per heavy atom. The number of esters is 1. The summed E-state index contributed by atoms with van der Waals surface area (Å²) in [4.78, 5) is 11.7. The normalized spacial score (nSPS) is 12.1. The van der Waals surface area contributed by atoms with Gasteiger partial charge in [-0.25, -0.2) is 0 Å². The Morgan fingerprint density at radius 3 is 2.62 bits per heavy atom. The Balaban J connectivity index is 2.09. The SMILES string of the molecule is COC(=O)[C@H](C)Sc1nnc(-c2ccoc2C)n1-c1ccccc1. The third-order valence-corrected chi connectivity index (χ3v) is 4.58. The molecule has 1 aromatic carbocycles. The highest BCUT2D eigenvalue weighted by atomic mass is 32.2. The van der Waals surface area contributed by atoms with E-state index in [1.165, 1.54) is 18.9 Å². The average molecular weight is 343 g/mol. The van der Waals surface area contributed by atoms with Crippen molar-refractivity contribution in [1.29, 1.82) is 0 Å². The van der Waals surface area contributed by atoms with Crippen molar-refractivity contribution in [3.63, 3.8) is 0 Å². The van der Waals surface area contributed by atoms with Gasteiger partial charge < -0.3 is 9.15 Å². The number of aromatic nitrogens is 3. The number of furan rings is 1. The van der Waals surface area contributed by atoms with E-state index in [2.05, 4.69) is 10.2 Å². The number of aryl methyl sites for hydroxylation is 1. The molecule has 2 aromatic heterocycles. The van der Waals surface area contributed by atoms with E-state index >= 15 is 0 Å². The third-order valence-electron chi connectivity index (χ3n) is 3.56. The molecule has 0 aliphatic rings. The van der Waals surface area contributed by atoms with E-state index in [1.54, 1.807) is 13.2 Å². The van der Waals surface area contributed by atoms with Gasteiger partial charge in [0.1, 0.15) is 11.0 Å². The summed E-state index contributed by atoms with van der Waals surface area (Å²) < 4.78 is 12.1. The lowest BCUT2D eigenvalue weighted by atomic mass is 10.2. The number of ether oxygens (including phenoxy) is 1. The van der Waals surface area contributed by atoms with Gasteiger partial charge in [0, 0.05) is 5.69 Å². The summed E-state index contributed by atoms with van der Waals surface area (Å²) in [6, 6.07) is 11.6. The van der Waals surface area contributed by atoms with Crippen LogP contribution < -0.4 is 0 Å². The first-order chi connectivity index (χ1) is 11.6. The van der Waals surface area contributed by atoms with Crippen LogP contribution in [0.1, 0.15) is 12.7 Å². The second-order valence-electron chi connectivity index (χ2n) is 5.15. The molecule has 7 heteroatoms. The summed E-state index contributed by atoms with van der Waals surface area (Å²) in [6.45, 7) is 3.66. The van der Waals surface area contributed by atoms with E-state index in [-0.39, 0.29) is 11.2 Å². The fraction of sp³-hybridized carbons (Fsp3) is 0.235. The summed E-state index contributed by atoms with van der Waals surface area (Å²) in [5, 5.41) is 8.82. The van der Waals surface area contributed by atoms with Crippen LogP contribution in [0.25, 0.3) is 17.1 Å². The molecule has 124 valence electrons. The summed E-state index contributed by atoms with van der Waals surface area (Å²) in [5.41, 5.74) is 1.78. The maximum atomic E-state index is 11.7. The van der Waals surface area contributed by atoms with Gasteiger partial charge in [-0.05, 0) is 32.0 Å². The molecule has 0 radical (unpaired) electrons. The molecule has 0 amide bonds. The molecule has 0 fully saturated rings. The zero-order valence-electron chi connectivity index (χ0n) is 13.6. The van der Waals surface area contributed by atoms with Gasteiger partial charge in [-0.1, -0.05) is 30.0 Å². The highest BCUT2D eigenvalue weighted by Crippen LogP contribution is 2.31. The number of carbonyl (C=O) groups is 1. The van der Waals surface area contributed by atoms with Crippen molar-refractivity contribution in [2.45, 2.75) is 24.3 Å². The van der Waals surface area contributed by atoms with Gasteiger partial charge in [0.05, 0.1) is 18.9 Å². The van der Waals surface area contributed by atoms with E-state index in [0.717, 1.165) is 17.0 Å². The van der Waals surface area contributed by atoms with E-state index in [4.69, 9.17) is 9.15 Å². The molecule has 3 rings (SSSR count). The molecular weight excluding hydrogens is 326 g/mol. The third kappa shape index (κ3) is 3.07. The number of hydrogen-bond acceptors (Lipinski definition) is 6. The van der Waals surface area contributed by atoms with Crippen LogP contribution in [0.4, 0.5) is 0 Å². The standard InChI is InChI=1S/C17H17N3O3S/c1-11-14(9-10-23-11)15-18-19-17(24-12(2)16(21)22-3)20(15)13-7-5-4-6-8-13/h4-10,12H,1-3H3/t12-/m0/s1. The second kappa shape index (κ2) is 6.92. The first-order valence-electron chi connectivity index (χ1n) is 7.41. The van der Waals surface area contributed by atoms with Crippen molar-refractivity contribution in [1.82, 2.24) is 14.8 Å². The molecule has 0 bridgehead atoms. The Morgan fingerprint density at radius 1 is 1.25 bits per heavy atom. The Labute approximate surface area is 143 Å². The van der Waals surface area contributed by atoms with Gasteiger partial charge in [0.2, 0.25) is 0 Å². The molecule has 24 heavy (non-hydrogen) atoms. The van der Waals surface area contributed by atoms with Crippen molar-refractivity contribution in [2.75, 3.05) is 7.11 Å². The van der Waals surface area contributed by atoms with Crippen LogP contribution in [-0.4, -0.2) is 33.1 Å². The van der Waals surface area contributed by atoms with Crippen LogP contribution >= 0.6 is 11.8 Å². The average Bonchev–Trinajstić information content (AvgIpc) is 3.20. The maximum Gasteiger partial charge on any atom is 0.318 e. The zero-order valence-corrected chi connectivity index (χ0v) is 14.4. The largest absolute Gasteiger partial charge is 0.469 e. The van der Waals surface area contributed by atoms with Crippen LogP contribution in [0, 0.1) is 6.92 Å². The van der Waals surface area contributed by atoms with Crippen molar-refractivity contribution < 1.29 is 13.9 Å². The summed E-state index contributed by atoms with van der Waals surface area (Å²) in [7, 11) is 1.38. The first kappa shape index (κ1) is 16.3. The number of methoxy groups -OCH3 is 1. The molecule has 0 saturated heterocycles. The molecule has 1 atom stereocenters. The van der Waals surface area contributed by atoms with E-state index < -0.39 is 0 Å². The maximum absolute atomic E-state index is 11.7. The van der Waals surface area contributed by atoms with Gasteiger partial charge in [0.25, 0.3) is 0 Å². The van der Waals surface area contributed by atoms with Gasteiger partial charge in [-0.2, -0.15) is 0 Å². The predicted octanol–water partition coefficient (Wildman–Crippen LogP) is 3.49. The molecule has 3 aromatic rings. The van der Waals surface area contributed by atoms with Gasteiger partial charge >= 0.3 is 5.97 Å². The Bertz CT molecular complexity index is 842. The minimum Gasteiger partial charge on any atom is -0.469 e. The fourth-order valence-electron chi connectivity index (χ4n) is 2.32. The minimum absolute atomic E-state index is 0.302. The number of nitrogens with zero attached hydrogens (tertiary/aromatic N) is 3. The summed E-state index contributed by atoms with van der Waals surface area (Å²) >= 11 is 1.31. The van der Waals surface area contributed by atoms with Gasteiger partial charge in [-0.15, -0.1) is 10.2 Å². The van der Waals surface area contributed by atoms with Crippen LogP contribution in [0.2, 0.25) is 0 Å². The molecule has 2 heterocycles. The topological polar surface area (TPSA) is 70.2 Å². The molecule has 0 aliphatic heterocycles.